The van der Waals surface area contributed by atoms with Crippen molar-refractivity contribution in [3.05, 3.63) is 0 Å². The van der Waals surface area contributed by atoms with Gasteiger partial charge >= 0.3 is 35.8 Å². The van der Waals surface area contributed by atoms with Crippen LogP contribution in [0.25, 0.3) is 0 Å². The van der Waals surface area contributed by atoms with E-state index in [4.69, 9.17) is 18.9 Å². The van der Waals surface area contributed by atoms with Crippen molar-refractivity contribution in [1.82, 2.24) is 0 Å². The van der Waals surface area contributed by atoms with E-state index in [1.807, 2.05) is 0 Å². The van der Waals surface area contributed by atoms with Crippen molar-refractivity contribution < 1.29 is 57.2 Å². The molecule has 0 rings (SSSR count). The second-order valence-electron chi connectivity index (χ2n) is 10.3. The third-order valence-corrected chi connectivity index (χ3v) is 7.63. The molecule has 0 saturated heterocycles. The molecule has 0 aromatic rings. The third-order valence-electron chi connectivity index (χ3n) is 6.13. The van der Waals surface area contributed by atoms with Gasteiger partial charge in [-0.2, -0.15) is 0 Å². The number of hydrogen-bond acceptors (Lipinski definition) is 12. The molecule has 0 bridgehead atoms. The molecule has 0 aromatic carbocycles. The van der Waals surface area contributed by atoms with E-state index < -0.39 is 68.1 Å². The minimum Gasteiger partial charge on any atom is -0.469 e. The molecule has 4 atom stereocenters. The van der Waals surface area contributed by atoms with Crippen molar-refractivity contribution >= 4 is 67.7 Å². The van der Waals surface area contributed by atoms with Crippen molar-refractivity contribution in [3.63, 3.8) is 0 Å². The van der Waals surface area contributed by atoms with Gasteiger partial charge in [0.1, 0.15) is 22.9 Å². The molecule has 0 aliphatic carbocycles. The van der Waals surface area contributed by atoms with Crippen LogP contribution < -0.4 is 0 Å². The molecular formula is C26H40Br2O12. The van der Waals surface area contributed by atoms with Gasteiger partial charge in [0.05, 0.1) is 51.1 Å². The minimum absolute atomic E-state index is 0.0273. The highest BCUT2D eigenvalue weighted by Gasteiger charge is 2.39. The summed E-state index contributed by atoms with van der Waals surface area (Å²) in [7, 11) is 4.87. The lowest BCUT2D eigenvalue weighted by Gasteiger charge is -2.28. The molecule has 0 aromatic heterocycles. The SMILES string of the molecule is COC(=O)C(Br)CC(CC(C)(C)C(=O)OCCOC(=O)C(C)(C)CC(CC(Br)C(=O)OC)C(=O)OC)C(=O)OC. The van der Waals surface area contributed by atoms with Crippen LogP contribution in [0.5, 0.6) is 0 Å². The molecule has 0 N–H and O–H groups in total. The zero-order valence-electron chi connectivity index (χ0n) is 24.2. The highest BCUT2D eigenvalue weighted by atomic mass is 79.9. The largest absolute Gasteiger partial charge is 0.469 e. The number of rotatable bonds is 17. The molecule has 0 aliphatic rings. The van der Waals surface area contributed by atoms with Crippen LogP contribution in [0.3, 0.4) is 0 Å². The van der Waals surface area contributed by atoms with Gasteiger partial charge in [-0.15, -0.1) is 0 Å². The maximum absolute atomic E-state index is 12.8. The molecule has 14 heteroatoms. The quantitative estimate of drug-likeness (QED) is 0.0945. The molecule has 0 aliphatic heterocycles. The monoisotopic (exact) mass is 702 g/mol. The molecular weight excluding hydrogens is 664 g/mol. The van der Waals surface area contributed by atoms with Gasteiger partial charge in [0.15, 0.2) is 0 Å². The highest BCUT2D eigenvalue weighted by molar-refractivity contribution is 9.10. The van der Waals surface area contributed by atoms with E-state index in [0.717, 1.165) is 0 Å². The molecule has 4 unspecified atom stereocenters. The highest BCUT2D eigenvalue weighted by Crippen LogP contribution is 2.33. The maximum Gasteiger partial charge on any atom is 0.319 e. The van der Waals surface area contributed by atoms with Crippen molar-refractivity contribution in [2.24, 2.45) is 22.7 Å². The second kappa shape index (κ2) is 17.6. The van der Waals surface area contributed by atoms with Crippen molar-refractivity contribution in [3.8, 4) is 0 Å². The Morgan fingerprint density at radius 2 is 0.825 bits per heavy atom. The van der Waals surface area contributed by atoms with Gasteiger partial charge < -0.3 is 28.4 Å². The third kappa shape index (κ3) is 12.5. The minimum atomic E-state index is -1.13. The summed E-state index contributed by atoms with van der Waals surface area (Å²) in [6.07, 6.45) is 0.147. The van der Waals surface area contributed by atoms with Crippen LogP contribution in [0.2, 0.25) is 0 Å². The number of carbonyl (C=O) groups excluding carboxylic acids is 6. The van der Waals surface area contributed by atoms with Crippen LogP contribution in [0.15, 0.2) is 0 Å². The lowest BCUT2D eigenvalue weighted by Crippen LogP contribution is -2.36. The number of carbonyl (C=O) groups is 6. The van der Waals surface area contributed by atoms with E-state index in [1.165, 1.54) is 28.4 Å². The molecule has 0 heterocycles. The topological polar surface area (TPSA) is 158 Å². The summed E-state index contributed by atoms with van der Waals surface area (Å²) in [4.78, 5) is 72.0. The van der Waals surface area contributed by atoms with E-state index in [9.17, 15) is 28.8 Å². The number of ether oxygens (including phenoxy) is 6. The molecule has 0 radical (unpaired) electrons. The fraction of sp³-hybridized carbons (Fsp3) is 0.769. The first kappa shape index (κ1) is 37.8. The summed E-state index contributed by atoms with van der Waals surface area (Å²) in [6.45, 7) is 5.84. The van der Waals surface area contributed by atoms with Gasteiger partial charge in [0, 0.05) is 0 Å². The van der Waals surface area contributed by atoms with Crippen molar-refractivity contribution in [1.29, 1.82) is 0 Å². The summed E-state index contributed by atoms with van der Waals surface area (Å²) in [6, 6.07) is 0. The molecule has 0 amide bonds. The van der Waals surface area contributed by atoms with Crippen LogP contribution in [0.1, 0.15) is 53.4 Å². The van der Waals surface area contributed by atoms with Gasteiger partial charge in [-0.05, 0) is 53.4 Å². The lowest BCUT2D eigenvalue weighted by atomic mass is 9.81. The van der Waals surface area contributed by atoms with Crippen LogP contribution in [-0.4, -0.2) is 87.1 Å². The van der Waals surface area contributed by atoms with Crippen molar-refractivity contribution in [2.45, 2.75) is 63.0 Å². The predicted molar refractivity (Wildman–Crippen MR) is 148 cm³/mol. The summed E-state index contributed by atoms with van der Waals surface area (Å²) < 4.78 is 29.5. The van der Waals surface area contributed by atoms with E-state index in [0.29, 0.717) is 0 Å². The van der Waals surface area contributed by atoms with Gasteiger partial charge in [-0.25, -0.2) is 0 Å². The van der Waals surface area contributed by atoms with Crippen LogP contribution in [0, 0.1) is 22.7 Å². The number of alkyl halides is 2. The van der Waals surface area contributed by atoms with Crippen molar-refractivity contribution in [2.75, 3.05) is 41.7 Å². The first-order valence-corrected chi connectivity index (χ1v) is 14.2. The number of hydrogen-bond donors (Lipinski definition) is 0. The van der Waals surface area contributed by atoms with E-state index >= 15 is 0 Å². The number of halogens is 2. The Morgan fingerprint density at radius 3 is 1.07 bits per heavy atom. The zero-order valence-corrected chi connectivity index (χ0v) is 27.4. The van der Waals surface area contributed by atoms with Crippen LogP contribution in [-0.2, 0) is 57.2 Å². The zero-order chi connectivity index (χ0) is 31.3. The first-order chi connectivity index (χ1) is 18.5. The Morgan fingerprint density at radius 1 is 0.550 bits per heavy atom. The summed E-state index contributed by atoms with van der Waals surface area (Å²) in [5, 5.41) is 0. The first-order valence-electron chi connectivity index (χ1n) is 12.4. The van der Waals surface area contributed by atoms with E-state index in [2.05, 4.69) is 41.3 Å². The van der Waals surface area contributed by atoms with Gasteiger partial charge in [-0.1, -0.05) is 31.9 Å². The smallest absolute Gasteiger partial charge is 0.319 e. The summed E-state index contributed by atoms with van der Waals surface area (Å²) in [5.74, 6) is -5.18. The standard InChI is InChI=1S/C26H40Br2O12/c1-25(2,13-15(19(29)35-5)11-17(27)21(31)37-7)23(33)39-9-10-40-24(34)26(3,4)14-16(20(30)36-6)12-18(28)22(32)38-8/h15-18H,9-14H2,1-8H3. The van der Waals surface area contributed by atoms with Gasteiger partial charge in [0.25, 0.3) is 0 Å². The fourth-order valence-electron chi connectivity index (χ4n) is 3.87. The lowest BCUT2D eigenvalue weighted by molar-refractivity contribution is -0.165. The van der Waals surface area contributed by atoms with Gasteiger partial charge in [-0.3, -0.25) is 28.8 Å². The number of methoxy groups -OCH3 is 4. The molecule has 40 heavy (non-hydrogen) atoms. The fourth-order valence-corrected chi connectivity index (χ4v) is 5.14. The average Bonchev–Trinajstić information content (AvgIpc) is 2.91. The average molecular weight is 704 g/mol. The Kier molecular flexibility index (Phi) is 16.6. The Labute approximate surface area is 251 Å². The van der Waals surface area contributed by atoms with Gasteiger partial charge in [0.2, 0.25) is 0 Å². The molecule has 0 fully saturated rings. The Hall–Kier alpha value is -2.22. The number of esters is 6. The molecule has 0 spiro atoms. The molecule has 12 nitrogen and oxygen atoms in total. The summed E-state index contributed by atoms with van der Waals surface area (Å²) in [5.41, 5.74) is -2.27. The van der Waals surface area contributed by atoms with E-state index in [1.54, 1.807) is 27.7 Å². The van der Waals surface area contributed by atoms with E-state index in [-0.39, 0.29) is 38.9 Å². The Bertz CT molecular complexity index is 830. The molecule has 230 valence electrons. The van der Waals surface area contributed by atoms with Crippen LogP contribution in [0.4, 0.5) is 0 Å². The Balaban J connectivity index is 5.07. The second-order valence-corrected chi connectivity index (χ2v) is 12.6. The maximum atomic E-state index is 12.8. The molecule has 0 saturated carbocycles. The summed E-state index contributed by atoms with van der Waals surface area (Å²) >= 11 is 6.36. The predicted octanol–water partition coefficient (Wildman–Crippen LogP) is 3.14. The normalized spacial score (nSPS) is 14.6. The van der Waals surface area contributed by atoms with Crippen LogP contribution >= 0.6 is 31.9 Å².